The molecule has 15 nitrogen and oxygen atoms in total. The first-order valence-corrected chi connectivity index (χ1v) is 21.7. The first kappa shape index (κ1) is 52.2. The average Bonchev–Trinajstić information content (AvgIpc) is 3.19. The van der Waals surface area contributed by atoms with Gasteiger partial charge < -0.3 is 64.4 Å². The second-order valence-corrected chi connectivity index (χ2v) is 17.5. The largest absolute Gasteiger partial charge is 0.490 e. The monoisotopic (exact) mass is 866 g/mol. The third kappa shape index (κ3) is 13.7. The van der Waals surface area contributed by atoms with Gasteiger partial charge in [-0.1, -0.05) is 89.1 Å². The van der Waals surface area contributed by atoms with Crippen molar-refractivity contribution in [2.45, 2.75) is 168 Å². The summed E-state index contributed by atoms with van der Waals surface area (Å²) in [6.07, 6.45) is 2.20. The van der Waals surface area contributed by atoms with Gasteiger partial charge in [-0.3, -0.25) is 0 Å². The number of allylic oxidation sites excluding steroid dienone is 6. The lowest BCUT2D eigenvalue weighted by atomic mass is 9.77. The van der Waals surface area contributed by atoms with Crippen molar-refractivity contribution in [1.82, 2.24) is 0 Å². The van der Waals surface area contributed by atoms with Crippen LogP contribution in [-0.2, 0) is 38.0 Å². The van der Waals surface area contributed by atoms with E-state index in [0.29, 0.717) is 18.4 Å². The van der Waals surface area contributed by atoms with Gasteiger partial charge in [0.05, 0.1) is 49.8 Å². The Morgan fingerprint density at radius 2 is 1.77 bits per heavy atom. The number of carbonyl (C=O) groups excluding carboxylic acids is 2. The van der Waals surface area contributed by atoms with Crippen LogP contribution < -0.4 is 5.73 Å². The van der Waals surface area contributed by atoms with Gasteiger partial charge in [0.1, 0.15) is 12.2 Å². The molecule has 3 rings (SSSR count). The number of carbonyl (C=O) groups is 2. The number of ether oxygens (including phenoxy) is 7. The van der Waals surface area contributed by atoms with Gasteiger partial charge in [-0.25, -0.2) is 9.59 Å². The van der Waals surface area contributed by atoms with Crippen molar-refractivity contribution in [2.24, 2.45) is 41.2 Å². The van der Waals surface area contributed by atoms with E-state index in [4.69, 9.17) is 38.9 Å². The van der Waals surface area contributed by atoms with Crippen LogP contribution in [0.15, 0.2) is 59.4 Å². The molecule has 1 amide bonds. The maximum absolute atomic E-state index is 13.9. The summed E-state index contributed by atoms with van der Waals surface area (Å²) in [5.74, 6) is -6.00. The summed E-state index contributed by atoms with van der Waals surface area (Å²) in [5.41, 5.74) is 6.78. The Hall–Kier alpha value is -3.12. The van der Waals surface area contributed by atoms with E-state index >= 15 is 0 Å². The van der Waals surface area contributed by atoms with Gasteiger partial charge in [0.2, 0.25) is 5.76 Å². The van der Waals surface area contributed by atoms with E-state index in [-0.39, 0.29) is 42.3 Å². The molecule has 3 aliphatic rings. The van der Waals surface area contributed by atoms with Gasteiger partial charge in [-0.2, -0.15) is 0 Å². The van der Waals surface area contributed by atoms with Gasteiger partial charge in [0.25, 0.3) is 0 Å². The molecule has 2 fully saturated rings. The number of aliphatic hydroxyl groups excluding tert-OH is 4. The molecular weight excluding hydrogens is 790 g/mol. The molecule has 0 aromatic heterocycles. The highest BCUT2D eigenvalue weighted by Gasteiger charge is 2.52. The molecular formula is C46H75NO14. The molecule has 0 aromatic rings. The molecule has 348 valence electrons. The minimum absolute atomic E-state index is 0.0313. The Morgan fingerprint density at radius 3 is 2.34 bits per heavy atom. The van der Waals surface area contributed by atoms with E-state index in [9.17, 15) is 35.1 Å². The molecule has 2 saturated heterocycles. The number of cyclic esters (lactones) is 1. The van der Waals surface area contributed by atoms with Crippen LogP contribution in [0.5, 0.6) is 0 Å². The molecule has 0 saturated carbocycles. The lowest BCUT2D eigenvalue weighted by Crippen LogP contribution is -2.59. The zero-order valence-corrected chi connectivity index (χ0v) is 38.2. The number of rotatable bonds is 11. The van der Waals surface area contributed by atoms with Crippen LogP contribution >= 0.6 is 0 Å². The Labute approximate surface area is 362 Å². The number of esters is 1. The Morgan fingerprint density at radius 1 is 1.10 bits per heavy atom. The summed E-state index contributed by atoms with van der Waals surface area (Å²) in [5, 5.41) is 58.0. The molecule has 0 bridgehead atoms. The number of nitrogens with two attached hydrogens (primary N) is 1. The summed E-state index contributed by atoms with van der Waals surface area (Å²) >= 11 is 0. The Kier molecular flexibility index (Phi) is 20.1. The van der Waals surface area contributed by atoms with Crippen molar-refractivity contribution in [2.75, 3.05) is 14.2 Å². The number of methoxy groups -OCH3 is 2. The number of aliphatic hydroxyl groups is 5. The first-order valence-electron chi connectivity index (χ1n) is 21.7. The van der Waals surface area contributed by atoms with E-state index in [1.165, 1.54) is 20.3 Å². The number of primary amides is 1. The normalized spacial score (nSPS) is 42.2. The Balaban J connectivity index is 2.00. The van der Waals surface area contributed by atoms with E-state index in [1.54, 1.807) is 52.0 Å². The molecule has 7 N–H and O–H groups in total. The lowest BCUT2D eigenvalue weighted by molar-refractivity contribution is -0.338. The molecule has 0 radical (unpaired) electrons. The van der Waals surface area contributed by atoms with Crippen LogP contribution in [0.3, 0.4) is 0 Å². The molecule has 18 atom stereocenters. The highest BCUT2D eigenvalue weighted by molar-refractivity contribution is 5.87. The standard InChI is InChI=1S/C46H75NO14/c1-13-16-34-28(7)37(58-38-22-33(48)43(31(10)57-38)60-45(47)53)23-46(54,61-34)30(9)41(51)29(8)42-35(55-11)18-15-17-24(3)19-26(5)39(49)32(14-2)40(50)27(6)20-25(4)21-36(56-12)44(52)59-42/h13,15-18,20-21,26-35,37-43,48-51,54H,14,19,22-23H2,1-12H3,(H2,47,53)/b16-13+,18-15-,24-17-,25-20-,36-21+/t26-,27-,28-,29+,30+,31-,32+,33-,34-,35+,37-,38+,39+,40-,41-,42-,43-,46-/m1/s1. The predicted octanol–water partition coefficient (Wildman–Crippen LogP) is 4.98. The van der Waals surface area contributed by atoms with E-state index in [2.05, 4.69) is 0 Å². The van der Waals surface area contributed by atoms with E-state index in [0.717, 1.165) is 5.57 Å². The highest BCUT2D eigenvalue weighted by Crippen LogP contribution is 2.42. The van der Waals surface area contributed by atoms with Gasteiger partial charge in [-0.15, -0.1) is 0 Å². The topological polar surface area (TPSA) is 226 Å². The summed E-state index contributed by atoms with van der Waals surface area (Å²) < 4.78 is 41.4. The fraction of sp³-hybridized carbons (Fsp3) is 0.739. The SMILES string of the molecule is C/C=C/[C@H]1O[C@@](O)([C@@H](C)[C@H](O)[C@H](C)[C@H]2OC(=O)/C(OC)=C\C(C)=C/[C@@H](C)[C@@H](O)[C@@H](CC)[C@@H](O)[C@H](C)C/C(C)=C\C=C/[C@@H]2OC)C[C@@H](O[C@H]2C[C@@H](O)[C@H](OC(N)=O)[C@@H](C)O2)[C@@H]1C. The predicted molar refractivity (Wildman–Crippen MR) is 228 cm³/mol. The minimum Gasteiger partial charge on any atom is -0.490 e. The van der Waals surface area contributed by atoms with Crippen molar-refractivity contribution in [3.63, 3.8) is 0 Å². The van der Waals surface area contributed by atoms with Crippen LogP contribution in [0.4, 0.5) is 4.79 Å². The number of hydrogen-bond donors (Lipinski definition) is 6. The van der Waals surface area contributed by atoms with Crippen LogP contribution in [0.1, 0.15) is 94.9 Å². The first-order chi connectivity index (χ1) is 28.6. The Bertz CT molecular complexity index is 1570. The van der Waals surface area contributed by atoms with Gasteiger partial charge in [-0.05, 0) is 52.5 Å². The van der Waals surface area contributed by atoms with Gasteiger partial charge in [0, 0.05) is 49.5 Å². The third-order valence-electron chi connectivity index (χ3n) is 12.8. The van der Waals surface area contributed by atoms with E-state index < -0.39 is 97.0 Å². The fourth-order valence-corrected chi connectivity index (χ4v) is 8.94. The van der Waals surface area contributed by atoms with Crippen molar-refractivity contribution in [1.29, 1.82) is 0 Å². The minimum atomic E-state index is -1.97. The summed E-state index contributed by atoms with van der Waals surface area (Å²) in [6, 6.07) is 0. The summed E-state index contributed by atoms with van der Waals surface area (Å²) in [7, 11) is 2.81. The molecule has 15 heteroatoms. The quantitative estimate of drug-likeness (QED) is 0.119. The molecule has 0 aliphatic carbocycles. The van der Waals surface area contributed by atoms with E-state index in [1.807, 2.05) is 53.7 Å². The molecule has 0 aromatic carbocycles. The smallest absolute Gasteiger partial charge is 0.404 e. The van der Waals surface area contributed by atoms with Crippen molar-refractivity contribution in [3.8, 4) is 0 Å². The van der Waals surface area contributed by atoms with Crippen LogP contribution in [0, 0.1) is 35.5 Å². The lowest BCUT2D eigenvalue weighted by Gasteiger charge is -2.49. The zero-order valence-electron chi connectivity index (χ0n) is 38.2. The van der Waals surface area contributed by atoms with Crippen molar-refractivity contribution >= 4 is 12.1 Å². The second kappa shape index (κ2) is 23.5. The maximum Gasteiger partial charge on any atom is 0.404 e. The van der Waals surface area contributed by atoms with Crippen LogP contribution in [0.2, 0.25) is 0 Å². The maximum atomic E-state index is 13.9. The number of amides is 1. The number of hydrogen-bond acceptors (Lipinski definition) is 14. The molecule has 0 unspecified atom stereocenters. The van der Waals surface area contributed by atoms with Gasteiger partial charge in [0.15, 0.2) is 18.2 Å². The van der Waals surface area contributed by atoms with Gasteiger partial charge >= 0.3 is 12.1 Å². The third-order valence-corrected chi connectivity index (χ3v) is 12.8. The second-order valence-electron chi connectivity index (χ2n) is 17.5. The summed E-state index contributed by atoms with van der Waals surface area (Å²) in [4.78, 5) is 25.4. The zero-order chi connectivity index (χ0) is 45.9. The molecule has 3 aliphatic heterocycles. The van der Waals surface area contributed by atoms with Crippen LogP contribution in [-0.4, -0.2) is 125 Å². The fourth-order valence-electron chi connectivity index (χ4n) is 8.94. The van der Waals surface area contributed by atoms with Crippen molar-refractivity contribution in [3.05, 3.63) is 59.4 Å². The molecule has 61 heavy (non-hydrogen) atoms. The van der Waals surface area contributed by atoms with Crippen LogP contribution in [0.25, 0.3) is 0 Å². The highest BCUT2D eigenvalue weighted by atomic mass is 16.7. The average molecular weight is 866 g/mol. The molecule has 3 heterocycles. The molecule has 0 spiro atoms. The summed E-state index contributed by atoms with van der Waals surface area (Å²) in [6.45, 7) is 18.2. The van der Waals surface area contributed by atoms with Crippen molar-refractivity contribution < 1.29 is 68.3 Å².